The summed E-state index contributed by atoms with van der Waals surface area (Å²) in [5.74, 6) is 2.30. The van der Waals surface area contributed by atoms with Gasteiger partial charge in [0.15, 0.2) is 0 Å². The van der Waals surface area contributed by atoms with Gasteiger partial charge in [-0.25, -0.2) is 9.97 Å². The Balaban J connectivity index is 2.01. The molecule has 20 heavy (non-hydrogen) atoms. The smallest absolute Gasteiger partial charge is 0.225 e. The molecule has 1 aromatic heterocycles. The highest BCUT2D eigenvalue weighted by Gasteiger charge is 2.30. The summed E-state index contributed by atoms with van der Waals surface area (Å²) >= 11 is 0. The molecule has 0 radical (unpaired) electrons. The van der Waals surface area contributed by atoms with Crippen LogP contribution in [-0.2, 0) is 6.54 Å². The van der Waals surface area contributed by atoms with Crippen LogP contribution in [0.4, 0.5) is 5.95 Å². The normalized spacial score (nSPS) is 26.8. The molecule has 0 bridgehead atoms. The van der Waals surface area contributed by atoms with Crippen LogP contribution in [0.2, 0.25) is 0 Å². The molecule has 1 aliphatic heterocycles. The average molecular weight is 276 g/mol. The minimum atomic E-state index is 0.523. The van der Waals surface area contributed by atoms with Gasteiger partial charge in [-0.15, -0.1) is 0 Å². The van der Waals surface area contributed by atoms with Crippen LogP contribution < -0.4 is 10.2 Å². The standard InChI is InChI=1S/C16H28N4/c1-5-6-17-8-15-9-18-16(19-10-15)20-11-12(2)7-13(3)14(20)4/h9-10,12-14,17H,5-8,11H2,1-4H3. The maximum Gasteiger partial charge on any atom is 0.225 e. The summed E-state index contributed by atoms with van der Waals surface area (Å²) < 4.78 is 0. The Morgan fingerprint density at radius 2 is 1.95 bits per heavy atom. The molecular weight excluding hydrogens is 248 g/mol. The van der Waals surface area contributed by atoms with Gasteiger partial charge in [-0.05, 0) is 38.1 Å². The lowest BCUT2D eigenvalue weighted by Crippen LogP contribution is -2.46. The van der Waals surface area contributed by atoms with E-state index >= 15 is 0 Å². The van der Waals surface area contributed by atoms with Crippen molar-refractivity contribution in [2.24, 2.45) is 11.8 Å². The molecule has 1 aliphatic rings. The van der Waals surface area contributed by atoms with E-state index in [1.807, 2.05) is 12.4 Å². The van der Waals surface area contributed by atoms with E-state index in [1.165, 1.54) is 6.42 Å². The van der Waals surface area contributed by atoms with Crippen LogP contribution in [0.3, 0.4) is 0 Å². The van der Waals surface area contributed by atoms with Gasteiger partial charge in [0.1, 0.15) is 0 Å². The van der Waals surface area contributed by atoms with Crippen LogP contribution in [0.5, 0.6) is 0 Å². The molecule has 1 fully saturated rings. The fraction of sp³-hybridized carbons (Fsp3) is 0.750. The van der Waals surface area contributed by atoms with E-state index < -0.39 is 0 Å². The zero-order chi connectivity index (χ0) is 14.5. The quantitative estimate of drug-likeness (QED) is 0.840. The average Bonchev–Trinajstić information content (AvgIpc) is 2.44. The molecule has 4 nitrogen and oxygen atoms in total. The molecule has 1 aromatic rings. The second-order valence-electron chi connectivity index (χ2n) is 6.28. The summed E-state index contributed by atoms with van der Waals surface area (Å²) in [5.41, 5.74) is 1.16. The number of rotatable bonds is 5. The Bertz CT molecular complexity index is 403. The van der Waals surface area contributed by atoms with Crippen molar-refractivity contribution in [3.8, 4) is 0 Å². The lowest BCUT2D eigenvalue weighted by Gasteiger charge is -2.41. The molecule has 0 spiro atoms. The number of piperidine rings is 1. The van der Waals surface area contributed by atoms with Crippen molar-refractivity contribution in [3.05, 3.63) is 18.0 Å². The minimum absolute atomic E-state index is 0.523. The minimum Gasteiger partial charge on any atom is -0.338 e. The second kappa shape index (κ2) is 7.02. The Morgan fingerprint density at radius 1 is 1.25 bits per heavy atom. The number of aromatic nitrogens is 2. The Labute approximate surface area is 123 Å². The van der Waals surface area contributed by atoms with Gasteiger partial charge in [0.2, 0.25) is 5.95 Å². The fourth-order valence-electron chi connectivity index (χ4n) is 2.98. The van der Waals surface area contributed by atoms with E-state index in [2.05, 4.69) is 47.9 Å². The van der Waals surface area contributed by atoms with Crippen molar-refractivity contribution < 1.29 is 0 Å². The molecule has 1 saturated heterocycles. The topological polar surface area (TPSA) is 41.1 Å². The summed E-state index contributed by atoms with van der Waals surface area (Å²) in [6, 6.07) is 0.523. The van der Waals surface area contributed by atoms with E-state index in [4.69, 9.17) is 0 Å². The number of hydrogen-bond donors (Lipinski definition) is 1. The highest BCUT2D eigenvalue weighted by Crippen LogP contribution is 2.29. The lowest BCUT2D eigenvalue weighted by atomic mass is 9.86. The van der Waals surface area contributed by atoms with Gasteiger partial charge >= 0.3 is 0 Å². The third kappa shape index (κ3) is 3.69. The summed E-state index contributed by atoms with van der Waals surface area (Å²) in [6.07, 6.45) is 6.38. The summed E-state index contributed by atoms with van der Waals surface area (Å²) in [5, 5.41) is 3.38. The molecule has 2 heterocycles. The Hall–Kier alpha value is -1.16. The van der Waals surface area contributed by atoms with E-state index in [9.17, 15) is 0 Å². The largest absolute Gasteiger partial charge is 0.338 e. The SMILES string of the molecule is CCCNCc1cnc(N2CC(C)CC(C)C2C)nc1. The zero-order valence-electron chi connectivity index (χ0n) is 13.3. The van der Waals surface area contributed by atoms with Crippen molar-refractivity contribution in [1.29, 1.82) is 0 Å². The molecule has 2 rings (SSSR count). The Kier molecular flexibility index (Phi) is 5.35. The Morgan fingerprint density at radius 3 is 2.60 bits per heavy atom. The maximum absolute atomic E-state index is 4.58. The van der Waals surface area contributed by atoms with E-state index in [1.54, 1.807) is 0 Å². The number of nitrogens with zero attached hydrogens (tertiary/aromatic N) is 3. The summed E-state index contributed by atoms with van der Waals surface area (Å²) in [6.45, 7) is 12.1. The molecular formula is C16H28N4. The monoisotopic (exact) mass is 276 g/mol. The second-order valence-corrected chi connectivity index (χ2v) is 6.28. The highest BCUT2D eigenvalue weighted by molar-refractivity contribution is 5.33. The lowest BCUT2D eigenvalue weighted by molar-refractivity contribution is 0.293. The highest BCUT2D eigenvalue weighted by atomic mass is 15.3. The van der Waals surface area contributed by atoms with E-state index in [0.29, 0.717) is 12.0 Å². The summed E-state index contributed by atoms with van der Waals surface area (Å²) in [7, 11) is 0. The van der Waals surface area contributed by atoms with Gasteiger partial charge in [0, 0.05) is 37.1 Å². The van der Waals surface area contributed by atoms with Gasteiger partial charge in [-0.2, -0.15) is 0 Å². The first-order valence-electron chi connectivity index (χ1n) is 7.90. The molecule has 0 aromatic carbocycles. The van der Waals surface area contributed by atoms with E-state index in [0.717, 1.165) is 43.5 Å². The van der Waals surface area contributed by atoms with Gasteiger partial charge in [0.25, 0.3) is 0 Å². The first-order chi connectivity index (χ1) is 9.61. The van der Waals surface area contributed by atoms with Crippen molar-refractivity contribution in [2.75, 3.05) is 18.0 Å². The van der Waals surface area contributed by atoms with E-state index in [-0.39, 0.29) is 0 Å². The number of anilines is 1. The molecule has 0 saturated carbocycles. The fourth-order valence-corrected chi connectivity index (χ4v) is 2.98. The molecule has 112 valence electrons. The number of hydrogen-bond acceptors (Lipinski definition) is 4. The van der Waals surface area contributed by atoms with Crippen LogP contribution in [0.25, 0.3) is 0 Å². The van der Waals surface area contributed by atoms with Crippen LogP contribution >= 0.6 is 0 Å². The zero-order valence-corrected chi connectivity index (χ0v) is 13.3. The molecule has 1 N–H and O–H groups in total. The van der Waals surface area contributed by atoms with Crippen LogP contribution in [0, 0.1) is 11.8 Å². The third-order valence-corrected chi connectivity index (χ3v) is 4.30. The van der Waals surface area contributed by atoms with Gasteiger partial charge in [0.05, 0.1) is 0 Å². The predicted molar refractivity (Wildman–Crippen MR) is 83.8 cm³/mol. The van der Waals surface area contributed by atoms with Crippen LogP contribution in [0.15, 0.2) is 12.4 Å². The molecule has 0 aliphatic carbocycles. The summed E-state index contributed by atoms with van der Waals surface area (Å²) in [4.78, 5) is 11.5. The van der Waals surface area contributed by atoms with Crippen molar-refractivity contribution in [1.82, 2.24) is 15.3 Å². The number of nitrogens with one attached hydrogen (secondary N) is 1. The molecule has 3 unspecified atom stereocenters. The maximum atomic E-state index is 4.58. The predicted octanol–water partition coefficient (Wildman–Crippen LogP) is 2.85. The first-order valence-corrected chi connectivity index (χ1v) is 7.90. The van der Waals surface area contributed by atoms with Gasteiger partial charge in [-0.1, -0.05) is 20.8 Å². The first kappa shape index (κ1) is 15.2. The van der Waals surface area contributed by atoms with Gasteiger partial charge < -0.3 is 10.2 Å². The van der Waals surface area contributed by atoms with Crippen LogP contribution in [-0.4, -0.2) is 29.1 Å². The molecule has 3 atom stereocenters. The van der Waals surface area contributed by atoms with Crippen molar-refractivity contribution in [2.45, 2.75) is 53.1 Å². The molecule has 0 amide bonds. The third-order valence-electron chi connectivity index (χ3n) is 4.30. The molecule has 4 heteroatoms. The van der Waals surface area contributed by atoms with Crippen molar-refractivity contribution >= 4 is 5.95 Å². The van der Waals surface area contributed by atoms with Gasteiger partial charge in [-0.3, -0.25) is 0 Å². The van der Waals surface area contributed by atoms with Crippen molar-refractivity contribution in [3.63, 3.8) is 0 Å². The van der Waals surface area contributed by atoms with Crippen LogP contribution in [0.1, 0.15) is 46.1 Å².